The standard InChI is InChI=1S/C13H16BrFN2S/c1-8(2)5-10-7-16-13(18-10)17-9-3-4-11(14)12(15)6-9/h3-4,6,8,10H,5,7H2,1-2H3,(H,16,17). The zero-order valence-corrected chi connectivity index (χ0v) is 12.8. The molecule has 0 saturated carbocycles. The van der Waals surface area contributed by atoms with Gasteiger partial charge in [0, 0.05) is 10.9 Å². The lowest BCUT2D eigenvalue weighted by Crippen LogP contribution is -2.09. The Kier molecular flexibility index (Phi) is 4.67. The Morgan fingerprint density at radius 1 is 1.56 bits per heavy atom. The fraction of sp³-hybridized carbons (Fsp3) is 0.462. The summed E-state index contributed by atoms with van der Waals surface area (Å²) in [5.74, 6) is 0.421. The molecule has 0 radical (unpaired) electrons. The lowest BCUT2D eigenvalue weighted by Gasteiger charge is -2.11. The second kappa shape index (κ2) is 6.06. The van der Waals surface area contributed by atoms with Gasteiger partial charge in [0.1, 0.15) is 5.82 Å². The number of nitrogens with one attached hydrogen (secondary N) is 1. The van der Waals surface area contributed by atoms with Crippen molar-refractivity contribution in [3.8, 4) is 0 Å². The summed E-state index contributed by atoms with van der Waals surface area (Å²) in [5.41, 5.74) is 0.743. The molecule has 0 spiro atoms. The van der Waals surface area contributed by atoms with Crippen molar-refractivity contribution in [2.45, 2.75) is 25.5 Å². The van der Waals surface area contributed by atoms with Crippen molar-refractivity contribution in [3.05, 3.63) is 28.5 Å². The van der Waals surface area contributed by atoms with Crippen LogP contribution in [0, 0.1) is 11.7 Å². The zero-order valence-electron chi connectivity index (χ0n) is 10.4. The maximum atomic E-state index is 13.4. The minimum Gasteiger partial charge on any atom is -0.335 e. The summed E-state index contributed by atoms with van der Waals surface area (Å²) in [5, 5.41) is 4.60. The van der Waals surface area contributed by atoms with Crippen LogP contribution in [-0.4, -0.2) is 17.0 Å². The number of rotatable bonds is 3. The third-order valence-electron chi connectivity index (χ3n) is 2.62. The van der Waals surface area contributed by atoms with Crippen molar-refractivity contribution >= 4 is 38.5 Å². The normalized spacial score (nSPS) is 19.2. The molecule has 1 unspecified atom stereocenters. The van der Waals surface area contributed by atoms with Crippen molar-refractivity contribution in [2.24, 2.45) is 10.9 Å². The maximum Gasteiger partial charge on any atom is 0.161 e. The Bertz CT molecular complexity index is 462. The summed E-state index contributed by atoms with van der Waals surface area (Å²) in [4.78, 5) is 4.45. The predicted molar refractivity (Wildman–Crippen MR) is 80.9 cm³/mol. The van der Waals surface area contributed by atoms with Crippen LogP contribution in [0.4, 0.5) is 10.1 Å². The highest BCUT2D eigenvalue weighted by molar-refractivity contribution is 9.10. The highest BCUT2D eigenvalue weighted by atomic mass is 79.9. The molecular weight excluding hydrogens is 315 g/mol. The average molecular weight is 331 g/mol. The Morgan fingerprint density at radius 3 is 3.00 bits per heavy atom. The zero-order chi connectivity index (χ0) is 13.1. The molecular formula is C13H16BrFN2S. The van der Waals surface area contributed by atoms with Gasteiger partial charge >= 0.3 is 0 Å². The van der Waals surface area contributed by atoms with E-state index >= 15 is 0 Å². The first kappa shape index (κ1) is 13.9. The van der Waals surface area contributed by atoms with Crippen LogP contribution >= 0.6 is 27.7 Å². The molecule has 0 saturated heterocycles. The highest BCUT2D eigenvalue weighted by Crippen LogP contribution is 2.28. The van der Waals surface area contributed by atoms with Crippen LogP contribution in [0.15, 0.2) is 27.7 Å². The molecule has 0 bridgehead atoms. The van der Waals surface area contributed by atoms with Crippen LogP contribution in [0.3, 0.4) is 0 Å². The van der Waals surface area contributed by atoms with Crippen molar-refractivity contribution in [2.75, 3.05) is 11.9 Å². The van der Waals surface area contributed by atoms with Crippen molar-refractivity contribution < 1.29 is 4.39 Å². The number of hydrogen-bond donors (Lipinski definition) is 1. The molecule has 5 heteroatoms. The topological polar surface area (TPSA) is 24.4 Å². The molecule has 2 rings (SSSR count). The lowest BCUT2D eigenvalue weighted by atomic mass is 10.1. The summed E-state index contributed by atoms with van der Waals surface area (Å²) in [7, 11) is 0. The van der Waals surface area contributed by atoms with E-state index < -0.39 is 0 Å². The molecule has 1 aliphatic rings. The van der Waals surface area contributed by atoms with Crippen molar-refractivity contribution in [1.29, 1.82) is 0 Å². The van der Waals surface area contributed by atoms with E-state index in [1.54, 1.807) is 17.8 Å². The molecule has 2 nitrogen and oxygen atoms in total. The first-order valence-corrected chi connectivity index (χ1v) is 7.65. The van der Waals surface area contributed by atoms with E-state index in [0.717, 1.165) is 23.8 Å². The fourth-order valence-corrected chi connectivity index (χ4v) is 3.35. The van der Waals surface area contributed by atoms with Gasteiger partial charge in [-0.3, -0.25) is 4.99 Å². The maximum absolute atomic E-state index is 13.4. The Hall–Kier alpha value is -0.550. The van der Waals surface area contributed by atoms with Gasteiger partial charge in [0.25, 0.3) is 0 Å². The molecule has 0 aliphatic carbocycles. The van der Waals surface area contributed by atoms with E-state index in [0.29, 0.717) is 15.6 Å². The van der Waals surface area contributed by atoms with Crippen LogP contribution in [0.5, 0.6) is 0 Å². The molecule has 18 heavy (non-hydrogen) atoms. The molecule has 1 aromatic rings. The monoisotopic (exact) mass is 330 g/mol. The number of hydrogen-bond acceptors (Lipinski definition) is 3. The van der Waals surface area contributed by atoms with Crippen molar-refractivity contribution in [3.63, 3.8) is 0 Å². The molecule has 1 aliphatic heterocycles. The number of aliphatic imine (C=N–C) groups is 1. The van der Waals surface area contributed by atoms with Gasteiger partial charge in [0.05, 0.1) is 11.0 Å². The van der Waals surface area contributed by atoms with E-state index in [-0.39, 0.29) is 5.82 Å². The van der Waals surface area contributed by atoms with Gasteiger partial charge in [-0.15, -0.1) is 0 Å². The number of thioether (sulfide) groups is 1. The number of benzene rings is 1. The van der Waals surface area contributed by atoms with Crippen molar-refractivity contribution in [1.82, 2.24) is 0 Å². The SMILES string of the molecule is CC(C)CC1CN=C(Nc2ccc(Br)c(F)c2)S1. The minimum atomic E-state index is -0.262. The van der Waals surface area contributed by atoms with Crippen LogP contribution in [0.1, 0.15) is 20.3 Å². The first-order valence-electron chi connectivity index (χ1n) is 5.98. The van der Waals surface area contributed by atoms with Gasteiger partial charge < -0.3 is 5.32 Å². The van der Waals surface area contributed by atoms with Crippen LogP contribution in [0.2, 0.25) is 0 Å². The van der Waals surface area contributed by atoms with Gasteiger partial charge in [-0.25, -0.2) is 4.39 Å². The summed E-state index contributed by atoms with van der Waals surface area (Å²) < 4.78 is 13.8. The summed E-state index contributed by atoms with van der Waals surface area (Å²) in [6, 6.07) is 5.01. The first-order chi connectivity index (χ1) is 8.54. The average Bonchev–Trinajstić information content (AvgIpc) is 2.70. The Morgan fingerprint density at radius 2 is 2.33 bits per heavy atom. The smallest absolute Gasteiger partial charge is 0.161 e. The van der Waals surface area contributed by atoms with E-state index in [1.165, 1.54) is 6.07 Å². The molecule has 1 aromatic carbocycles. The number of amidine groups is 1. The van der Waals surface area contributed by atoms with Gasteiger partial charge in [-0.05, 0) is 46.5 Å². The molecule has 1 heterocycles. The molecule has 0 fully saturated rings. The summed E-state index contributed by atoms with van der Waals surface area (Å²) >= 11 is 4.89. The molecule has 1 N–H and O–H groups in total. The fourth-order valence-electron chi connectivity index (χ4n) is 1.83. The van der Waals surface area contributed by atoms with E-state index in [4.69, 9.17) is 0 Å². The predicted octanol–water partition coefficient (Wildman–Crippen LogP) is 4.52. The van der Waals surface area contributed by atoms with E-state index in [9.17, 15) is 4.39 Å². The second-order valence-corrected chi connectivity index (χ2v) is 6.91. The van der Waals surface area contributed by atoms with Crippen LogP contribution in [0.25, 0.3) is 0 Å². The van der Waals surface area contributed by atoms with E-state index in [2.05, 4.69) is 40.1 Å². The molecule has 0 aromatic heterocycles. The number of anilines is 1. The third kappa shape index (κ3) is 3.72. The van der Waals surface area contributed by atoms with Crippen LogP contribution < -0.4 is 5.32 Å². The Labute approximate surface area is 120 Å². The summed E-state index contributed by atoms with van der Waals surface area (Å²) in [6.07, 6.45) is 1.16. The van der Waals surface area contributed by atoms with Gasteiger partial charge in [-0.1, -0.05) is 25.6 Å². The molecule has 1 atom stereocenters. The van der Waals surface area contributed by atoms with Gasteiger partial charge in [0.15, 0.2) is 5.17 Å². The largest absolute Gasteiger partial charge is 0.335 e. The van der Waals surface area contributed by atoms with E-state index in [1.807, 2.05) is 6.07 Å². The lowest BCUT2D eigenvalue weighted by molar-refractivity contribution is 0.575. The Balaban J connectivity index is 1.93. The minimum absolute atomic E-state index is 0.262. The number of nitrogens with zero attached hydrogens (tertiary/aromatic N) is 1. The quantitative estimate of drug-likeness (QED) is 0.881. The van der Waals surface area contributed by atoms with Crippen LogP contribution in [-0.2, 0) is 0 Å². The summed E-state index contributed by atoms with van der Waals surface area (Å²) in [6.45, 7) is 5.29. The highest BCUT2D eigenvalue weighted by Gasteiger charge is 2.20. The molecule has 0 amide bonds. The number of halogens is 2. The second-order valence-electron chi connectivity index (χ2n) is 4.77. The molecule has 98 valence electrons. The third-order valence-corrected chi connectivity index (χ3v) is 4.39. The van der Waals surface area contributed by atoms with Gasteiger partial charge in [0.2, 0.25) is 0 Å². The van der Waals surface area contributed by atoms with Gasteiger partial charge in [-0.2, -0.15) is 0 Å².